The molecule has 2 rings (SSSR count). The minimum absolute atomic E-state index is 0.235. The lowest BCUT2D eigenvalue weighted by Gasteiger charge is -2.34. The Morgan fingerprint density at radius 3 is 3.06 bits per heavy atom. The highest BCUT2D eigenvalue weighted by Crippen LogP contribution is 2.22. The molecule has 1 aromatic rings. The van der Waals surface area contributed by atoms with Crippen molar-refractivity contribution in [3.05, 3.63) is 23.7 Å². The summed E-state index contributed by atoms with van der Waals surface area (Å²) in [6.07, 6.45) is 5.12. The van der Waals surface area contributed by atoms with Crippen LogP contribution in [0.25, 0.3) is 0 Å². The van der Waals surface area contributed by atoms with E-state index in [1.54, 1.807) is 6.07 Å². The van der Waals surface area contributed by atoms with E-state index in [1.165, 1.54) is 12.8 Å². The number of aliphatic hydroxyl groups is 1. The number of rotatable bonds is 5. The average Bonchev–Trinajstić information content (AvgIpc) is 2.80. The fourth-order valence-corrected chi connectivity index (χ4v) is 2.49. The summed E-state index contributed by atoms with van der Waals surface area (Å²) in [4.78, 5) is 12.9. The van der Waals surface area contributed by atoms with Gasteiger partial charge in [-0.15, -0.1) is 0 Å². The van der Waals surface area contributed by atoms with Gasteiger partial charge in [-0.3, -0.25) is 9.69 Å². The van der Waals surface area contributed by atoms with Crippen molar-refractivity contribution in [1.82, 2.24) is 4.90 Å². The number of furan rings is 1. The smallest absolute Gasteiger partial charge is 0.185 e. The van der Waals surface area contributed by atoms with Crippen molar-refractivity contribution >= 4 is 6.29 Å². The molecule has 0 aliphatic carbocycles. The second-order valence-electron chi connectivity index (χ2n) is 4.55. The maximum Gasteiger partial charge on any atom is 0.185 e. The number of carbonyl (C=O) groups excluding carboxylic acids is 1. The van der Waals surface area contributed by atoms with Gasteiger partial charge in [-0.25, -0.2) is 0 Å². The molecule has 1 fully saturated rings. The zero-order chi connectivity index (χ0) is 12.1. The van der Waals surface area contributed by atoms with Gasteiger partial charge in [0.1, 0.15) is 5.76 Å². The molecule has 1 atom stereocenters. The molecule has 1 N–H and O–H groups in total. The van der Waals surface area contributed by atoms with E-state index in [-0.39, 0.29) is 6.61 Å². The molecule has 1 unspecified atom stereocenters. The Bertz CT molecular complexity index is 359. The molecule has 4 heteroatoms. The van der Waals surface area contributed by atoms with Gasteiger partial charge in [-0.2, -0.15) is 0 Å². The summed E-state index contributed by atoms with van der Waals surface area (Å²) in [7, 11) is 0. The van der Waals surface area contributed by atoms with Crippen LogP contribution in [-0.2, 0) is 6.54 Å². The summed E-state index contributed by atoms with van der Waals surface area (Å²) < 4.78 is 5.39. The van der Waals surface area contributed by atoms with E-state index in [9.17, 15) is 4.79 Å². The molecular formula is C13H19NO3. The van der Waals surface area contributed by atoms with E-state index in [4.69, 9.17) is 9.52 Å². The first kappa shape index (κ1) is 12.3. The van der Waals surface area contributed by atoms with Gasteiger partial charge in [-0.05, 0) is 37.9 Å². The lowest BCUT2D eigenvalue weighted by atomic mass is 9.99. The standard InChI is InChI=1S/C13H19NO3/c15-8-6-11-3-1-2-7-14(11)9-12-4-5-13(10-16)17-12/h4-5,10-11,15H,1-3,6-9H2. The summed E-state index contributed by atoms with van der Waals surface area (Å²) in [6, 6.07) is 4.00. The van der Waals surface area contributed by atoms with Crippen LogP contribution in [0.1, 0.15) is 42.0 Å². The lowest BCUT2D eigenvalue weighted by molar-refractivity contribution is 0.102. The summed E-state index contributed by atoms with van der Waals surface area (Å²) >= 11 is 0. The highest BCUT2D eigenvalue weighted by molar-refractivity contribution is 5.70. The summed E-state index contributed by atoms with van der Waals surface area (Å²) in [5, 5.41) is 9.05. The molecule has 0 bridgehead atoms. The Morgan fingerprint density at radius 2 is 2.35 bits per heavy atom. The van der Waals surface area contributed by atoms with E-state index in [0.29, 0.717) is 11.8 Å². The highest BCUT2D eigenvalue weighted by atomic mass is 16.3. The number of aliphatic hydroxyl groups excluding tert-OH is 1. The number of likely N-dealkylation sites (tertiary alicyclic amines) is 1. The second-order valence-corrected chi connectivity index (χ2v) is 4.55. The van der Waals surface area contributed by atoms with Gasteiger partial charge in [0.15, 0.2) is 12.0 Å². The van der Waals surface area contributed by atoms with Crippen molar-refractivity contribution in [2.24, 2.45) is 0 Å². The van der Waals surface area contributed by atoms with Crippen molar-refractivity contribution in [2.75, 3.05) is 13.2 Å². The zero-order valence-corrected chi connectivity index (χ0v) is 9.97. The van der Waals surface area contributed by atoms with Gasteiger partial charge >= 0.3 is 0 Å². The minimum atomic E-state index is 0.235. The van der Waals surface area contributed by atoms with E-state index in [1.807, 2.05) is 6.07 Å². The topological polar surface area (TPSA) is 53.7 Å². The molecule has 1 aliphatic heterocycles. The minimum Gasteiger partial charge on any atom is -0.457 e. The third kappa shape index (κ3) is 3.17. The van der Waals surface area contributed by atoms with Gasteiger partial charge in [0.05, 0.1) is 6.54 Å². The Labute approximate surface area is 101 Å². The van der Waals surface area contributed by atoms with Crippen molar-refractivity contribution in [1.29, 1.82) is 0 Å². The molecule has 1 aliphatic rings. The summed E-state index contributed by atoms with van der Waals surface area (Å²) in [5.74, 6) is 1.22. The Balaban J connectivity index is 1.97. The average molecular weight is 237 g/mol. The van der Waals surface area contributed by atoms with Crippen LogP contribution >= 0.6 is 0 Å². The molecule has 2 heterocycles. The molecule has 94 valence electrons. The number of hydrogen-bond acceptors (Lipinski definition) is 4. The Morgan fingerprint density at radius 1 is 1.47 bits per heavy atom. The maximum atomic E-state index is 10.5. The molecule has 0 amide bonds. The quantitative estimate of drug-likeness (QED) is 0.794. The monoisotopic (exact) mass is 237 g/mol. The number of hydrogen-bond donors (Lipinski definition) is 1. The molecule has 0 radical (unpaired) electrons. The van der Waals surface area contributed by atoms with Gasteiger partial charge in [0, 0.05) is 12.6 Å². The third-order valence-corrected chi connectivity index (χ3v) is 3.37. The third-order valence-electron chi connectivity index (χ3n) is 3.37. The number of aldehydes is 1. The molecule has 17 heavy (non-hydrogen) atoms. The van der Waals surface area contributed by atoms with Gasteiger partial charge in [0.2, 0.25) is 0 Å². The number of nitrogens with zero attached hydrogens (tertiary/aromatic N) is 1. The first-order valence-electron chi connectivity index (χ1n) is 6.22. The van der Waals surface area contributed by atoms with Crippen LogP contribution < -0.4 is 0 Å². The van der Waals surface area contributed by atoms with Crippen LogP contribution in [0.15, 0.2) is 16.5 Å². The van der Waals surface area contributed by atoms with E-state index >= 15 is 0 Å². The lowest BCUT2D eigenvalue weighted by Crippen LogP contribution is -2.39. The van der Waals surface area contributed by atoms with Crippen molar-refractivity contribution in [3.8, 4) is 0 Å². The number of piperidine rings is 1. The van der Waals surface area contributed by atoms with Crippen LogP contribution in [0.2, 0.25) is 0 Å². The predicted molar refractivity (Wildman–Crippen MR) is 63.8 cm³/mol. The van der Waals surface area contributed by atoms with Crippen LogP contribution in [-0.4, -0.2) is 35.5 Å². The first-order valence-corrected chi connectivity index (χ1v) is 6.22. The van der Waals surface area contributed by atoms with Crippen LogP contribution in [0, 0.1) is 0 Å². The van der Waals surface area contributed by atoms with E-state index in [0.717, 1.165) is 38.0 Å². The van der Waals surface area contributed by atoms with Gasteiger partial charge < -0.3 is 9.52 Å². The Hall–Kier alpha value is -1.13. The van der Waals surface area contributed by atoms with E-state index < -0.39 is 0 Å². The predicted octanol–water partition coefficient (Wildman–Crippen LogP) is 1.83. The molecule has 1 saturated heterocycles. The van der Waals surface area contributed by atoms with Crippen LogP contribution in [0.4, 0.5) is 0 Å². The highest BCUT2D eigenvalue weighted by Gasteiger charge is 2.22. The first-order chi connectivity index (χ1) is 8.33. The molecule has 4 nitrogen and oxygen atoms in total. The largest absolute Gasteiger partial charge is 0.457 e. The molecule has 0 saturated carbocycles. The molecule has 1 aromatic heterocycles. The fraction of sp³-hybridized carbons (Fsp3) is 0.615. The normalized spacial score (nSPS) is 21.6. The maximum absolute atomic E-state index is 10.5. The Kier molecular flexibility index (Phi) is 4.34. The number of carbonyl (C=O) groups is 1. The van der Waals surface area contributed by atoms with Gasteiger partial charge in [0.25, 0.3) is 0 Å². The summed E-state index contributed by atoms with van der Waals surface area (Å²) in [5.41, 5.74) is 0. The molecule has 0 spiro atoms. The zero-order valence-electron chi connectivity index (χ0n) is 9.97. The van der Waals surface area contributed by atoms with Crippen molar-refractivity contribution in [2.45, 2.75) is 38.3 Å². The molecular weight excluding hydrogens is 218 g/mol. The van der Waals surface area contributed by atoms with Gasteiger partial charge in [-0.1, -0.05) is 6.42 Å². The van der Waals surface area contributed by atoms with Crippen molar-refractivity contribution < 1.29 is 14.3 Å². The van der Waals surface area contributed by atoms with Crippen LogP contribution in [0.5, 0.6) is 0 Å². The fourth-order valence-electron chi connectivity index (χ4n) is 2.49. The van der Waals surface area contributed by atoms with Crippen molar-refractivity contribution in [3.63, 3.8) is 0 Å². The van der Waals surface area contributed by atoms with E-state index in [2.05, 4.69) is 4.90 Å². The molecule has 0 aromatic carbocycles. The summed E-state index contributed by atoms with van der Waals surface area (Å²) in [6.45, 7) is 2.01. The second kappa shape index (κ2) is 5.98. The SMILES string of the molecule is O=Cc1ccc(CN2CCCCC2CCO)o1. The van der Waals surface area contributed by atoms with Crippen LogP contribution in [0.3, 0.4) is 0 Å².